The molecule has 0 heterocycles. The van der Waals surface area contributed by atoms with Crippen LogP contribution < -0.4 is 5.32 Å². The van der Waals surface area contributed by atoms with E-state index >= 15 is 0 Å². The molecule has 3 rings (SSSR count). The molecule has 0 radical (unpaired) electrons. The average molecular weight is 412 g/mol. The summed E-state index contributed by atoms with van der Waals surface area (Å²) in [7, 11) is 0. The summed E-state index contributed by atoms with van der Waals surface area (Å²) in [5, 5.41) is 3.13. The van der Waals surface area contributed by atoms with Crippen molar-refractivity contribution in [2.45, 2.75) is 72.3 Å². The van der Waals surface area contributed by atoms with Crippen molar-refractivity contribution in [2.24, 2.45) is 5.41 Å². The molecule has 1 fully saturated rings. The predicted molar refractivity (Wildman–Crippen MR) is 123 cm³/mol. The van der Waals surface area contributed by atoms with E-state index in [2.05, 4.69) is 56.4 Å². The predicted octanol–water partition coefficient (Wildman–Crippen LogP) is 7.01. The number of nitrogens with one attached hydrogen (secondary N) is 1. The highest BCUT2D eigenvalue weighted by Gasteiger charge is 2.27. The molecule has 1 saturated carbocycles. The Hall–Kier alpha value is -1.80. The molecule has 29 heavy (non-hydrogen) atoms. The minimum absolute atomic E-state index is 0.0603. The summed E-state index contributed by atoms with van der Waals surface area (Å²) in [6, 6.07) is 12.6. The minimum atomic E-state index is -0.190. The third-order valence-corrected chi connectivity index (χ3v) is 7.00. The topological polar surface area (TPSA) is 29.1 Å². The Labute approximate surface area is 181 Å². The number of halogens is 1. The quantitative estimate of drug-likeness (QED) is 0.527. The maximum Gasteiger partial charge on any atom is 0.252 e. The summed E-state index contributed by atoms with van der Waals surface area (Å²) < 4.78 is 0. The molecule has 1 aliphatic rings. The maximum absolute atomic E-state index is 12.9. The molecule has 0 aromatic heterocycles. The van der Waals surface area contributed by atoms with Crippen LogP contribution in [0.1, 0.15) is 89.7 Å². The van der Waals surface area contributed by atoms with Crippen LogP contribution in [0.25, 0.3) is 0 Å². The second kappa shape index (κ2) is 8.92. The maximum atomic E-state index is 12.9. The number of rotatable bonds is 5. The molecule has 2 aromatic carbocycles. The van der Waals surface area contributed by atoms with Gasteiger partial charge in [0, 0.05) is 11.4 Å². The highest BCUT2D eigenvalue weighted by atomic mass is 35.5. The van der Waals surface area contributed by atoms with Crippen molar-refractivity contribution < 1.29 is 4.79 Å². The van der Waals surface area contributed by atoms with Gasteiger partial charge < -0.3 is 5.32 Å². The summed E-state index contributed by atoms with van der Waals surface area (Å²) in [5.41, 5.74) is 7.01. The van der Waals surface area contributed by atoms with E-state index in [1.54, 1.807) is 0 Å². The van der Waals surface area contributed by atoms with Crippen LogP contribution in [0.4, 0.5) is 0 Å². The van der Waals surface area contributed by atoms with Gasteiger partial charge in [-0.05, 0) is 91.7 Å². The van der Waals surface area contributed by atoms with E-state index in [0.29, 0.717) is 17.2 Å². The number of carbonyl (C=O) groups excluding carboxylic acids is 1. The molecule has 0 bridgehead atoms. The first kappa shape index (κ1) is 21.9. The monoisotopic (exact) mass is 411 g/mol. The zero-order valence-electron chi connectivity index (χ0n) is 18.4. The van der Waals surface area contributed by atoms with Gasteiger partial charge in [-0.3, -0.25) is 4.79 Å². The number of benzene rings is 2. The molecule has 1 atom stereocenters. The molecule has 2 aromatic rings. The van der Waals surface area contributed by atoms with Crippen molar-refractivity contribution in [1.29, 1.82) is 0 Å². The highest BCUT2D eigenvalue weighted by Crippen LogP contribution is 2.42. The fourth-order valence-electron chi connectivity index (χ4n) is 4.39. The Bertz CT molecular complexity index is 859. The second-order valence-electron chi connectivity index (χ2n) is 9.54. The number of amides is 1. The fourth-order valence-corrected chi connectivity index (χ4v) is 4.64. The van der Waals surface area contributed by atoms with Gasteiger partial charge in [0.1, 0.15) is 0 Å². The first-order chi connectivity index (χ1) is 13.7. The third kappa shape index (κ3) is 5.22. The van der Waals surface area contributed by atoms with Crippen LogP contribution in [0.3, 0.4) is 0 Å². The van der Waals surface area contributed by atoms with E-state index in [9.17, 15) is 4.79 Å². The van der Waals surface area contributed by atoms with Gasteiger partial charge in [0.25, 0.3) is 5.91 Å². The van der Waals surface area contributed by atoms with Gasteiger partial charge in [-0.15, -0.1) is 11.6 Å². The Morgan fingerprint density at radius 1 is 1.03 bits per heavy atom. The van der Waals surface area contributed by atoms with Crippen molar-refractivity contribution in [3.05, 3.63) is 69.8 Å². The Kier molecular flexibility index (Phi) is 6.73. The fraction of sp³-hybridized carbons (Fsp3) is 0.500. The van der Waals surface area contributed by atoms with Gasteiger partial charge in [-0.2, -0.15) is 0 Å². The first-order valence-electron chi connectivity index (χ1n) is 10.7. The van der Waals surface area contributed by atoms with Crippen molar-refractivity contribution >= 4 is 17.5 Å². The normalized spacial score (nSPS) is 17.7. The van der Waals surface area contributed by atoms with Crippen LogP contribution in [0.5, 0.6) is 0 Å². The standard InChI is InChI=1S/C26H34ClNO/c1-17-14-19(3)23(15-18(17)2)25(29)28-24(16-27)22-8-6-20(7-9-22)21-10-12-26(4,5)13-11-21/h6-9,14-15,21,24H,10-13,16H2,1-5H3,(H,28,29). The van der Waals surface area contributed by atoms with Crippen LogP contribution in [0.2, 0.25) is 0 Å². The molecule has 1 N–H and O–H groups in total. The number of hydrogen-bond acceptors (Lipinski definition) is 1. The lowest BCUT2D eigenvalue weighted by Gasteiger charge is -2.34. The zero-order chi connectivity index (χ0) is 21.2. The molecular weight excluding hydrogens is 378 g/mol. The summed E-state index contributed by atoms with van der Waals surface area (Å²) >= 11 is 6.24. The molecule has 1 amide bonds. The van der Waals surface area contributed by atoms with Crippen LogP contribution in [0, 0.1) is 26.2 Å². The lowest BCUT2D eigenvalue weighted by molar-refractivity contribution is 0.0939. The van der Waals surface area contributed by atoms with Gasteiger partial charge in [0.05, 0.1) is 6.04 Å². The van der Waals surface area contributed by atoms with E-state index < -0.39 is 0 Å². The lowest BCUT2D eigenvalue weighted by Crippen LogP contribution is -2.30. The summed E-state index contributed by atoms with van der Waals surface area (Å²) in [4.78, 5) is 12.9. The third-order valence-electron chi connectivity index (χ3n) is 6.69. The molecule has 1 aliphatic carbocycles. The molecule has 0 aliphatic heterocycles. The van der Waals surface area contributed by atoms with Gasteiger partial charge >= 0.3 is 0 Å². The molecule has 0 spiro atoms. The van der Waals surface area contributed by atoms with E-state index in [1.807, 2.05) is 19.9 Å². The van der Waals surface area contributed by atoms with Crippen LogP contribution in [-0.4, -0.2) is 11.8 Å². The summed E-state index contributed by atoms with van der Waals surface area (Å²) in [6.07, 6.45) is 5.09. The van der Waals surface area contributed by atoms with E-state index in [0.717, 1.165) is 22.3 Å². The Morgan fingerprint density at radius 2 is 1.62 bits per heavy atom. The van der Waals surface area contributed by atoms with E-state index in [1.165, 1.54) is 36.8 Å². The average Bonchev–Trinajstić information content (AvgIpc) is 2.69. The van der Waals surface area contributed by atoms with Gasteiger partial charge in [0.15, 0.2) is 0 Å². The first-order valence-corrected chi connectivity index (χ1v) is 11.3. The molecule has 3 heteroatoms. The van der Waals surface area contributed by atoms with Gasteiger partial charge in [-0.1, -0.05) is 44.2 Å². The largest absolute Gasteiger partial charge is 0.344 e. The number of aryl methyl sites for hydroxylation is 3. The molecule has 156 valence electrons. The van der Waals surface area contributed by atoms with Crippen molar-refractivity contribution in [2.75, 3.05) is 5.88 Å². The minimum Gasteiger partial charge on any atom is -0.344 e. The van der Waals surface area contributed by atoms with Crippen LogP contribution in [0.15, 0.2) is 36.4 Å². The van der Waals surface area contributed by atoms with Gasteiger partial charge in [0.2, 0.25) is 0 Å². The lowest BCUT2D eigenvalue weighted by atomic mass is 9.71. The van der Waals surface area contributed by atoms with Crippen LogP contribution in [-0.2, 0) is 0 Å². The van der Waals surface area contributed by atoms with Crippen molar-refractivity contribution in [1.82, 2.24) is 5.32 Å². The molecular formula is C26H34ClNO. The zero-order valence-corrected chi connectivity index (χ0v) is 19.2. The Balaban J connectivity index is 1.70. The molecule has 1 unspecified atom stereocenters. The van der Waals surface area contributed by atoms with Crippen LogP contribution >= 0.6 is 11.6 Å². The second-order valence-corrected chi connectivity index (χ2v) is 9.85. The smallest absolute Gasteiger partial charge is 0.252 e. The summed E-state index contributed by atoms with van der Waals surface area (Å²) in [6.45, 7) is 10.8. The van der Waals surface area contributed by atoms with Crippen molar-refractivity contribution in [3.8, 4) is 0 Å². The van der Waals surface area contributed by atoms with Gasteiger partial charge in [-0.25, -0.2) is 0 Å². The van der Waals surface area contributed by atoms with E-state index in [-0.39, 0.29) is 11.9 Å². The summed E-state index contributed by atoms with van der Waals surface area (Å²) in [5.74, 6) is 0.946. The van der Waals surface area contributed by atoms with E-state index in [4.69, 9.17) is 11.6 Å². The molecule has 2 nitrogen and oxygen atoms in total. The molecule has 0 saturated heterocycles. The highest BCUT2D eigenvalue weighted by molar-refractivity contribution is 6.18. The van der Waals surface area contributed by atoms with Crippen molar-refractivity contribution in [3.63, 3.8) is 0 Å². The number of hydrogen-bond donors (Lipinski definition) is 1. The SMILES string of the molecule is Cc1cc(C)c(C(=O)NC(CCl)c2ccc(C3CCC(C)(C)CC3)cc2)cc1C. The number of carbonyl (C=O) groups is 1. The Morgan fingerprint density at radius 3 is 2.21 bits per heavy atom. The number of alkyl halides is 1.